The van der Waals surface area contributed by atoms with Crippen LogP contribution >= 0.6 is 0 Å². The van der Waals surface area contributed by atoms with E-state index in [9.17, 15) is 4.79 Å². The number of fused-ring (bicyclic) bond motifs is 1. The second-order valence-electron chi connectivity index (χ2n) is 6.75. The highest BCUT2D eigenvalue weighted by Gasteiger charge is 2.18. The van der Waals surface area contributed by atoms with Gasteiger partial charge in [-0.2, -0.15) is 5.10 Å². The van der Waals surface area contributed by atoms with Crippen LogP contribution in [-0.4, -0.2) is 34.6 Å². The molecule has 0 atom stereocenters. The van der Waals surface area contributed by atoms with Gasteiger partial charge in [0.2, 0.25) is 0 Å². The predicted molar refractivity (Wildman–Crippen MR) is 111 cm³/mol. The molecule has 0 unspecified atom stereocenters. The number of nitrogens with one attached hydrogen (secondary N) is 1. The highest BCUT2D eigenvalue weighted by atomic mass is 16.6. The highest BCUT2D eigenvalue weighted by Crippen LogP contribution is 2.25. The van der Waals surface area contributed by atoms with E-state index in [0.29, 0.717) is 18.7 Å². The summed E-state index contributed by atoms with van der Waals surface area (Å²) in [6.45, 7) is 4.15. The number of nitrogens with zero attached hydrogens (tertiary/aromatic N) is 3. The summed E-state index contributed by atoms with van der Waals surface area (Å²) in [4.78, 5) is 17.7. The maximum absolute atomic E-state index is 12.4. The van der Waals surface area contributed by atoms with Crippen LogP contribution in [0.4, 0.5) is 5.69 Å². The van der Waals surface area contributed by atoms with Crippen LogP contribution in [0.15, 0.2) is 59.8 Å². The Morgan fingerprint density at radius 3 is 2.76 bits per heavy atom. The summed E-state index contributed by atoms with van der Waals surface area (Å²) >= 11 is 0. The Morgan fingerprint density at radius 1 is 1.17 bits per heavy atom. The molecule has 0 aliphatic carbocycles. The molecular formula is C22H22N4O3. The molecule has 1 aliphatic heterocycles. The number of carbonyl (C=O) groups is 1. The molecule has 1 aliphatic rings. The molecule has 0 saturated heterocycles. The van der Waals surface area contributed by atoms with Gasteiger partial charge < -0.3 is 14.9 Å². The third-order valence-corrected chi connectivity index (χ3v) is 4.72. The van der Waals surface area contributed by atoms with Gasteiger partial charge in [-0.05, 0) is 38.1 Å². The zero-order valence-corrected chi connectivity index (χ0v) is 16.4. The molecule has 1 N–H and O–H groups in total. The molecule has 4 rings (SSSR count). The summed E-state index contributed by atoms with van der Waals surface area (Å²) < 4.78 is 7.41. The Labute approximate surface area is 168 Å². The van der Waals surface area contributed by atoms with E-state index >= 15 is 0 Å². The van der Waals surface area contributed by atoms with E-state index in [-0.39, 0.29) is 12.5 Å². The van der Waals surface area contributed by atoms with Gasteiger partial charge in [0, 0.05) is 12.0 Å². The van der Waals surface area contributed by atoms with Crippen molar-refractivity contribution in [1.82, 2.24) is 9.78 Å². The van der Waals surface area contributed by atoms with Crippen molar-refractivity contribution in [3.8, 4) is 11.4 Å². The monoisotopic (exact) mass is 390 g/mol. The summed E-state index contributed by atoms with van der Waals surface area (Å²) in [5.41, 5.74) is 4.90. The molecule has 148 valence electrons. The number of aryl methyl sites for hydroxylation is 1. The van der Waals surface area contributed by atoms with Crippen LogP contribution in [0.25, 0.3) is 5.69 Å². The summed E-state index contributed by atoms with van der Waals surface area (Å²) in [5.74, 6) is 0.499. The van der Waals surface area contributed by atoms with Gasteiger partial charge in [0.05, 0.1) is 35.1 Å². The third-order valence-electron chi connectivity index (χ3n) is 4.72. The van der Waals surface area contributed by atoms with Gasteiger partial charge in [0.25, 0.3) is 5.91 Å². The average Bonchev–Trinajstić information content (AvgIpc) is 3.03. The normalized spacial score (nSPS) is 14.2. The standard InChI is InChI=1S/C22H22N4O3/c1-15-22(16(2)26(24-15)17-8-4-3-5-9-17)23-21(27)14-29-25-19-12-13-28-20-11-7-6-10-18(19)20/h3-11H,12-14H2,1-2H3,(H,23,27). The number of oxime groups is 1. The quantitative estimate of drug-likeness (QED) is 0.675. The lowest BCUT2D eigenvalue weighted by Crippen LogP contribution is -2.20. The molecule has 1 aromatic heterocycles. The summed E-state index contributed by atoms with van der Waals surface area (Å²) in [5, 5.41) is 11.6. The molecule has 1 amide bonds. The van der Waals surface area contributed by atoms with E-state index in [1.165, 1.54) is 0 Å². The zero-order valence-electron chi connectivity index (χ0n) is 16.4. The number of hydrogen-bond donors (Lipinski definition) is 1. The van der Waals surface area contributed by atoms with Crippen LogP contribution in [-0.2, 0) is 9.63 Å². The summed E-state index contributed by atoms with van der Waals surface area (Å²) in [6.07, 6.45) is 0.640. The zero-order chi connectivity index (χ0) is 20.2. The van der Waals surface area contributed by atoms with Crippen molar-refractivity contribution in [3.05, 3.63) is 71.5 Å². The molecule has 2 heterocycles. The molecule has 0 bridgehead atoms. The number of para-hydroxylation sites is 2. The van der Waals surface area contributed by atoms with E-state index in [0.717, 1.165) is 34.1 Å². The lowest BCUT2D eigenvalue weighted by Gasteiger charge is -2.18. The van der Waals surface area contributed by atoms with Gasteiger partial charge >= 0.3 is 0 Å². The predicted octanol–water partition coefficient (Wildman–Crippen LogP) is 3.63. The molecular weight excluding hydrogens is 368 g/mol. The van der Waals surface area contributed by atoms with Crippen LogP contribution in [0.5, 0.6) is 5.75 Å². The average molecular weight is 390 g/mol. The van der Waals surface area contributed by atoms with Crippen molar-refractivity contribution in [2.24, 2.45) is 5.16 Å². The van der Waals surface area contributed by atoms with Crippen molar-refractivity contribution in [2.75, 3.05) is 18.5 Å². The van der Waals surface area contributed by atoms with E-state index in [4.69, 9.17) is 9.57 Å². The Morgan fingerprint density at radius 2 is 1.93 bits per heavy atom. The summed E-state index contributed by atoms with van der Waals surface area (Å²) in [6, 6.07) is 17.5. The number of aromatic nitrogens is 2. The molecule has 2 aromatic carbocycles. The minimum atomic E-state index is -0.284. The third kappa shape index (κ3) is 3.99. The molecule has 0 saturated carbocycles. The number of benzene rings is 2. The minimum absolute atomic E-state index is 0.179. The number of amides is 1. The van der Waals surface area contributed by atoms with Crippen molar-refractivity contribution in [2.45, 2.75) is 20.3 Å². The van der Waals surface area contributed by atoms with E-state index < -0.39 is 0 Å². The van der Waals surface area contributed by atoms with Gasteiger partial charge in [0.1, 0.15) is 5.75 Å². The smallest absolute Gasteiger partial charge is 0.265 e. The van der Waals surface area contributed by atoms with Crippen molar-refractivity contribution in [3.63, 3.8) is 0 Å². The number of ether oxygens (including phenoxy) is 1. The number of anilines is 1. The van der Waals surface area contributed by atoms with Crippen molar-refractivity contribution in [1.29, 1.82) is 0 Å². The van der Waals surface area contributed by atoms with Crippen LogP contribution in [0.1, 0.15) is 23.4 Å². The first-order valence-electron chi connectivity index (χ1n) is 9.46. The highest BCUT2D eigenvalue weighted by molar-refractivity contribution is 6.03. The van der Waals surface area contributed by atoms with Gasteiger partial charge in [-0.25, -0.2) is 4.68 Å². The van der Waals surface area contributed by atoms with Gasteiger partial charge in [0.15, 0.2) is 6.61 Å². The fourth-order valence-electron chi connectivity index (χ4n) is 3.31. The molecule has 29 heavy (non-hydrogen) atoms. The van der Waals surface area contributed by atoms with Crippen LogP contribution in [0.2, 0.25) is 0 Å². The van der Waals surface area contributed by atoms with Gasteiger partial charge in [-0.1, -0.05) is 35.5 Å². The number of rotatable bonds is 5. The molecule has 3 aromatic rings. The van der Waals surface area contributed by atoms with E-state index in [1.807, 2.05) is 73.1 Å². The first-order valence-corrected chi connectivity index (χ1v) is 9.46. The maximum atomic E-state index is 12.4. The first-order chi connectivity index (χ1) is 14.1. The molecule has 0 fully saturated rings. The Balaban J connectivity index is 1.42. The first kappa shape index (κ1) is 18.7. The lowest BCUT2D eigenvalue weighted by molar-refractivity contribution is -0.120. The van der Waals surface area contributed by atoms with Gasteiger partial charge in [-0.3, -0.25) is 4.79 Å². The summed E-state index contributed by atoms with van der Waals surface area (Å²) in [7, 11) is 0. The second kappa shape index (κ2) is 8.18. The SMILES string of the molecule is Cc1nn(-c2ccccc2)c(C)c1NC(=O)CON=C1CCOc2ccccc21. The van der Waals surface area contributed by atoms with Crippen LogP contribution < -0.4 is 10.1 Å². The van der Waals surface area contributed by atoms with Gasteiger partial charge in [-0.15, -0.1) is 0 Å². The van der Waals surface area contributed by atoms with Crippen molar-refractivity contribution < 1.29 is 14.4 Å². The second-order valence-corrected chi connectivity index (χ2v) is 6.75. The molecule has 0 spiro atoms. The molecule has 7 nitrogen and oxygen atoms in total. The fraction of sp³-hybridized carbons (Fsp3) is 0.227. The Bertz CT molecular complexity index is 1060. The van der Waals surface area contributed by atoms with Crippen LogP contribution in [0, 0.1) is 13.8 Å². The maximum Gasteiger partial charge on any atom is 0.265 e. The molecule has 0 radical (unpaired) electrons. The largest absolute Gasteiger partial charge is 0.492 e. The Kier molecular flexibility index (Phi) is 5.29. The number of hydrogen-bond acceptors (Lipinski definition) is 5. The minimum Gasteiger partial charge on any atom is -0.492 e. The van der Waals surface area contributed by atoms with E-state index in [1.54, 1.807) is 0 Å². The number of carbonyl (C=O) groups excluding carboxylic acids is 1. The topological polar surface area (TPSA) is 77.7 Å². The van der Waals surface area contributed by atoms with E-state index in [2.05, 4.69) is 15.6 Å². The lowest BCUT2D eigenvalue weighted by atomic mass is 10.0. The Hall–Kier alpha value is -3.61. The fourth-order valence-corrected chi connectivity index (χ4v) is 3.31. The van der Waals surface area contributed by atoms with Crippen molar-refractivity contribution >= 4 is 17.3 Å². The molecule has 7 heteroatoms. The van der Waals surface area contributed by atoms with Crippen LogP contribution in [0.3, 0.4) is 0 Å².